The molecule has 2 aromatic rings. The minimum Gasteiger partial charge on any atom is -0.465 e. The highest BCUT2D eigenvalue weighted by Crippen LogP contribution is 2.33. The van der Waals surface area contributed by atoms with E-state index in [4.69, 9.17) is 21.1 Å². The fourth-order valence-electron chi connectivity index (χ4n) is 1.89. The Kier molecular flexibility index (Phi) is 7.16. The molecule has 9 heteroatoms. The third-order valence-electron chi connectivity index (χ3n) is 2.99. The summed E-state index contributed by atoms with van der Waals surface area (Å²) in [6.07, 6.45) is 0. The van der Waals surface area contributed by atoms with E-state index in [1.807, 2.05) is 6.07 Å². The molecule has 0 N–H and O–H groups in total. The third-order valence-corrected chi connectivity index (χ3v) is 5.23. The van der Waals surface area contributed by atoms with Crippen molar-refractivity contribution in [3.63, 3.8) is 0 Å². The second-order valence-corrected chi connectivity index (χ2v) is 7.24. The molecule has 24 heavy (non-hydrogen) atoms. The number of rotatable bonds is 8. The quantitative estimate of drug-likeness (QED) is 0.649. The Morgan fingerprint density at radius 3 is 2.79 bits per heavy atom. The normalized spacial score (nSPS) is 10.6. The SMILES string of the molecule is CCOC(=O)CN(CCOC)C(=O)c1csc(-c2ccc(Cl)s2)n1. The first-order valence-corrected chi connectivity index (χ1v) is 9.27. The van der Waals surface area contributed by atoms with Crippen molar-refractivity contribution < 1.29 is 19.1 Å². The number of esters is 1. The number of aromatic nitrogens is 1. The number of hydrogen-bond acceptors (Lipinski definition) is 7. The van der Waals surface area contributed by atoms with Gasteiger partial charge < -0.3 is 14.4 Å². The zero-order valence-corrected chi connectivity index (χ0v) is 15.7. The molecular formula is C15H17ClN2O4S2. The summed E-state index contributed by atoms with van der Waals surface area (Å²) in [6, 6.07) is 3.65. The van der Waals surface area contributed by atoms with Crippen LogP contribution in [0.25, 0.3) is 9.88 Å². The smallest absolute Gasteiger partial charge is 0.325 e. The highest BCUT2D eigenvalue weighted by molar-refractivity contribution is 7.23. The van der Waals surface area contributed by atoms with Crippen LogP contribution in [0.4, 0.5) is 0 Å². The van der Waals surface area contributed by atoms with Gasteiger partial charge in [-0.05, 0) is 19.1 Å². The lowest BCUT2D eigenvalue weighted by Crippen LogP contribution is -2.38. The van der Waals surface area contributed by atoms with Crippen molar-refractivity contribution in [1.29, 1.82) is 0 Å². The first kappa shape index (κ1) is 18.9. The van der Waals surface area contributed by atoms with Crippen LogP contribution in [0.5, 0.6) is 0 Å². The molecule has 0 saturated carbocycles. The van der Waals surface area contributed by atoms with Gasteiger partial charge in [0.05, 0.1) is 22.4 Å². The van der Waals surface area contributed by atoms with Gasteiger partial charge in [0, 0.05) is 19.0 Å². The molecule has 2 rings (SSSR count). The van der Waals surface area contributed by atoms with E-state index in [-0.39, 0.29) is 25.6 Å². The predicted molar refractivity (Wildman–Crippen MR) is 94.8 cm³/mol. The second kappa shape index (κ2) is 9.12. The van der Waals surface area contributed by atoms with Crippen LogP contribution in [-0.4, -0.2) is 55.2 Å². The lowest BCUT2D eigenvalue weighted by atomic mass is 10.3. The maximum absolute atomic E-state index is 12.6. The molecular weight excluding hydrogens is 372 g/mol. The highest BCUT2D eigenvalue weighted by Gasteiger charge is 2.22. The van der Waals surface area contributed by atoms with Crippen LogP contribution >= 0.6 is 34.3 Å². The molecule has 0 aliphatic carbocycles. The topological polar surface area (TPSA) is 68.7 Å². The van der Waals surface area contributed by atoms with Crippen LogP contribution in [0.1, 0.15) is 17.4 Å². The minimum absolute atomic E-state index is 0.131. The van der Waals surface area contributed by atoms with E-state index in [0.717, 1.165) is 9.88 Å². The first-order chi connectivity index (χ1) is 11.5. The number of methoxy groups -OCH3 is 1. The number of halogens is 1. The van der Waals surface area contributed by atoms with Gasteiger partial charge >= 0.3 is 5.97 Å². The Morgan fingerprint density at radius 1 is 1.38 bits per heavy atom. The van der Waals surface area contributed by atoms with Gasteiger partial charge in [0.15, 0.2) is 0 Å². The van der Waals surface area contributed by atoms with Gasteiger partial charge in [-0.15, -0.1) is 22.7 Å². The monoisotopic (exact) mass is 388 g/mol. The van der Waals surface area contributed by atoms with E-state index in [1.54, 1.807) is 18.4 Å². The van der Waals surface area contributed by atoms with Gasteiger partial charge in [-0.2, -0.15) is 0 Å². The molecule has 6 nitrogen and oxygen atoms in total. The molecule has 0 spiro atoms. The van der Waals surface area contributed by atoms with Crippen molar-refractivity contribution in [1.82, 2.24) is 9.88 Å². The first-order valence-electron chi connectivity index (χ1n) is 7.20. The summed E-state index contributed by atoms with van der Waals surface area (Å²) in [5, 5.41) is 2.40. The van der Waals surface area contributed by atoms with Crippen molar-refractivity contribution in [3.8, 4) is 9.88 Å². The highest BCUT2D eigenvalue weighted by atomic mass is 35.5. The Labute approximate surface area is 153 Å². The maximum Gasteiger partial charge on any atom is 0.325 e. The summed E-state index contributed by atoms with van der Waals surface area (Å²) in [7, 11) is 1.54. The molecule has 0 atom stereocenters. The van der Waals surface area contributed by atoms with Crippen LogP contribution in [0.2, 0.25) is 4.34 Å². The van der Waals surface area contributed by atoms with E-state index >= 15 is 0 Å². The molecule has 0 bridgehead atoms. The summed E-state index contributed by atoms with van der Waals surface area (Å²) in [6.45, 7) is 2.46. The summed E-state index contributed by atoms with van der Waals surface area (Å²) in [5.74, 6) is -0.785. The number of thiazole rings is 1. The number of carbonyl (C=O) groups is 2. The van der Waals surface area contributed by atoms with Crippen LogP contribution in [-0.2, 0) is 14.3 Å². The molecule has 0 aliphatic heterocycles. The molecule has 1 amide bonds. The Bertz CT molecular complexity index is 701. The summed E-state index contributed by atoms with van der Waals surface area (Å²) >= 11 is 8.69. The molecule has 0 fully saturated rings. The van der Waals surface area contributed by atoms with Gasteiger partial charge in [-0.25, -0.2) is 4.98 Å². The summed E-state index contributed by atoms with van der Waals surface area (Å²) < 4.78 is 10.6. The molecule has 0 aromatic carbocycles. The third kappa shape index (κ3) is 5.01. The average Bonchev–Trinajstić information content (AvgIpc) is 3.19. The number of nitrogens with zero attached hydrogens (tertiary/aromatic N) is 2. The predicted octanol–water partition coefficient (Wildman–Crippen LogP) is 3.18. The largest absolute Gasteiger partial charge is 0.465 e. The summed E-state index contributed by atoms with van der Waals surface area (Å²) in [4.78, 5) is 31.0. The number of amides is 1. The van der Waals surface area contributed by atoms with Crippen LogP contribution in [0.15, 0.2) is 17.5 Å². The Balaban J connectivity index is 2.13. The molecule has 130 valence electrons. The minimum atomic E-state index is -0.456. The van der Waals surface area contributed by atoms with E-state index in [0.29, 0.717) is 16.6 Å². The Hall–Kier alpha value is -1.48. The van der Waals surface area contributed by atoms with E-state index in [2.05, 4.69) is 4.98 Å². The average molecular weight is 389 g/mol. The van der Waals surface area contributed by atoms with Crippen molar-refractivity contribution in [2.75, 3.05) is 33.4 Å². The van der Waals surface area contributed by atoms with Crippen molar-refractivity contribution in [2.24, 2.45) is 0 Å². The van der Waals surface area contributed by atoms with Gasteiger partial charge in [-0.1, -0.05) is 11.6 Å². The molecule has 2 aromatic heterocycles. The molecule has 0 aliphatic rings. The zero-order valence-electron chi connectivity index (χ0n) is 13.3. The number of hydrogen-bond donors (Lipinski definition) is 0. The van der Waals surface area contributed by atoms with Gasteiger partial charge in [0.2, 0.25) is 0 Å². The number of thiophene rings is 1. The molecule has 2 heterocycles. The van der Waals surface area contributed by atoms with Gasteiger partial charge in [0.1, 0.15) is 17.2 Å². The lowest BCUT2D eigenvalue weighted by Gasteiger charge is -2.20. The van der Waals surface area contributed by atoms with Crippen molar-refractivity contribution in [2.45, 2.75) is 6.92 Å². The number of ether oxygens (including phenoxy) is 2. The van der Waals surface area contributed by atoms with Crippen LogP contribution in [0.3, 0.4) is 0 Å². The van der Waals surface area contributed by atoms with Crippen molar-refractivity contribution >= 4 is 46.2 Å². The van der Waals surface area contributed by atoms with Gasteiger partial charge in [0.25, 0.3) is 5.91 Å². The van der Waals surface area contributed by atoms with E-state index in [9.17, 15) is 9.59 Å². The maximum atomic E-state index is 12.6. The standard InChI is InChI=1S/C15H17ClN2O4S2/c1-3-22-13(19)8-18(6-7-21-2)15(20)10-9-23-14(17-10)11-4-5-12(16)24-11/h4-5,9H,3,6-8H2,1-2H3. The van der Waals surface area contributed by atoms with Crippen LogP contribution < -0.4 is 0 Å². The van der Waals surface area contributed by atoms with Crippen molar-refractivity contribution in [3.05, 3.63) is 27.5 Å². The molecule has 0 unspecified atom stereocenters. The fourth-order valence-corrected chi connectivity index (χ4v) is 3.80. The molecule has 0 saturated heterocycles. The van der Waals surface area contributed by atoms with Gasteiger partial charge in [-0.3, -0.25) is 9.59 Å². The molecule has 0 radical (unpaired) electrons. The fraction of sp³-hybridized carbons (Fsp3) is 0.400. The second-order valence-electron chi connectivity index (χ2n) is 4.67. The van der Waals surface area contributed by atoms with Crippen LogP contribution in [0, 0.1) is 0 Å². The van der Waals surface area contributed by atoms with E-state index < -0.39 is 5.97 Å². The Morgan fingerprint density at radius 2 is 2.17 bits per heavy atom. The summed E-state index contributed by atoms with van der Waals surface area (Å²) in [5.41, 5.74) is 0.292. The van der Waals surface area contributed by atoms with E-state index in [1.165, 1.54) is 34.7 Å². The zero-order chi connectivity index (χ0) is 17.5. The lowest BCUT2D eigenvalue weighted by molar-refractivity contribution is -0.143. The number of carbonyl (C=O) groups excluding carboxylic acids is 2.